The summed E-state index contributed by atoms with van der Waals surface area (Å²) < 4.78 is 0. The van der Waals surface area contributed by atoms with E-state index in [9.17, 15) is 4.79 Å². The molecule has 106 valence electrons. The van der Waals surface area contributed by atoms with Crippen LogP contribution in [0.5, 0.6) is 0 Å². The van der Waals surface area contributed by atoms with Crippen LogP contribution < -0.4 is 9.80 Å². The number of carbonyl (C=O) groups excluding carboxylic acids is 1. The van der Waals surface area contributed by atoms with Crippen molar-refractivity contribution < 1.29 is 4.79 Å². The van der Waals surface area contributed by atoms with E-state index in [4.69, 9.17) is 5.26 Å². The van der Waals surface area contributed by atoms with Gasteiger partial charge in [0.1, 0.15) is 0 Å². The van der Waals surface area contributed by atoms with Gasteiger partial charge in [0.25, 0.3) is 0 Å². The lowest BCUT2D eigenvalue weighted by atomic mass is 10.1. The van der Waals surface area contributed by atoms with Gasteiger partial charge in [-0.05, 0) is 44.5 Å². The number of nitrogens with zero attached hydrogens (tertiary/aromatic N) is 3. The summed E-state index contributed by atoms with van der Waals surface area (Å²) >= 11 is 0. The molecule has 1 saturated heterocycles. The molecule has 0 spiro atoms. The second-order valence-corrected chi connectivity index (χ2v) is 5.18. The first kappa shape index (κ1) is 14.4. The molecule has 0 radical (unpaired) electrons. The maximum absolute atomic E-state index is 12.0. The van der Waals surface area contributed by atoms with E-state index in [1.807, 2.05) is 13.0 Å². The normalized spacial score (nSPS) is 18.2. The van der Waals surface area contributed by atoms with Gasteiger partial charge in [-0.15, -0.1) is 0 Å². The average molecular weight is 271 g/mol. The van der Waals surface area contributed by atoms with E-state index < -0.39 is 0 Å². The second-order valence-electron chi connectivity index (χ2n) is 5.18. The molecule has 0 aliphatic carbocycles. The molecule has 1 aromatic carbocycles. The summed E-state index contributed by atoms with van der Waals surface area (Å²) in [4.78, 5) is 16.0. The van der Waals surface area contributed by atoms with Crippen LogP contribution in [-0.2, 0) is 4.79 Å². The van der Waals surface area contributed by atoms with Crippen LogP contribution in [-0.4, -0.2) is 25.5 Å². The maximum Gasteiger partial charge on any atom is 0.228 e. The summed E-state index contributed by atoms with van der Waals surface area (Å²) in [7, 11) is 0. The quantitative estimate of drug-likeness (QED) is 0.846. The number of anilines is 2. The highest BCUT2D eigenvalue weighted by Gasteiger charge is 2.31. The van der Waals surface area contributed by atoms with E-state index in [2.05, 4.69) is 36.9 Å². The van der Waals surface area contributed by atoms with Gasteiger partial charge < -0.3 is 9.80 Å². The van der Waals surface area contributed by atoms with E-state index in [1.165, 1.54) is 5.69 Å². The minimum absolute atomic E-state index is 0.0511. The van der Waals surface area contributed by atoms with Crippen LogP contribution in [0.4, 0.5) is 11.4 Å². The minimum atomic E-state index is -0.177. The lowest BCUT2D eigenvalue weighted by molar-refractivity contribution is -0.117. The summed E-state index contributed by atoms with van der Waals surface area (Å²) in [5, 5.41) is 8.96. The SMILES string of the molecule is CCN(CC)c1ccc(N2CC(C#N)CC2=O)c(C)c1. The first-order valence-corrected chi connectivity index (χ1v) is 7.16. The second kappa shape index (κ2) is 5.96. The highest BCUT2D eigenvalue weighted by atomic mass is 16.2. The van der Waals surface area contributed by atoms with Crippen LogP contribution in [0, 0.1) is 24.2 Å². The first-order valence-electron chi connectivity index (χ1n) is 7.16. The number of hydrogen-bond donors (Lipinski definition) is 0. The molecule has 1 aliphatic heterocycles. The van der Waals surface area contributed by atoms with Crippen molar-refractivity contribution in [2.45, 2.75) is 27.2 Å². The Labute approximate surface area is 120 Å². The molecule has 0 bridgehead atoms. The number of amides is 1. The number of aryl methyl sites for hydroxylation is 1. The smallest absolute Gasteiger partial charge is 0.228 e. The first-order chi connectivity index (χ1) is 9.60. The van der Waals surface area contributed by atoms with Crippen molar-refractivity contribution in [2.24, 2.45) is 5.92 Å². The van der Waals surface area contributed by atoms with Crippen LogP contribution >= 0.6 is 0 Å². The van der Waals surface area contributed by atoms with Crippen molar-refractivity contribution in [3.8, 4) is 6.07 Å². The van der Waals surface area contributed by atoms with Gasteiger partial charge in [-0.25, -0.2) is 0 Å². The fraction of sp³-hybridized carbons (Fsp3) is 0.500. The van der Waals surface area contributed by atoms with Gasteiger partial charge in [-0.2, -0.15) is 5.26 Å². The monoisotopic (exact) mass is 271 g/mol. The van der Waals surface area contributed by atoms with Crippen molar-refractivity contribution in [1.82, 2.24) is 0 Å². The summed E-state index contributed by atoms with van der Waals surface area (Å²) in [5.74, 6) is -0.125. The summed E-state index contributed by atoms with van der Waals surface area (Å²) in [6.45, 7) is 8.74. The zero-order chi connectivity index (χ0) is 14.7. The third kappa shape index (κ3) is 2.62. The van der Waals surface area contributed by atoms with Crippen molar-refractivity contribution in [3.63, 3.8) is 0 Å². The predicted molar refractivity (Wildman–Crippen MR) is 80.8 cm³/mol. The molecule has 1 fully saturated rings. The Bertz CT molecular complexity index is 543. The molecule has 1 aliphatic rings. The lowest BCUT2D eigenvalue weighted by Gasteiger charge is -2.24. The third-order valence-electron chi connectivity index (χ3n) is 3.91. The maximum atomic E-state index is 12.0. The molecule has 1 aromatic rings. The Morgan fingerprint density at radius 2 is 2.10 bits per heavy atom. The predicted octanol–water partition coefficient (Wildman–Crippen LogP) is 2.72. The Kier molecular flexibility index (Phi) is 4.29. The summed E-state index contributed by atoms with van der Waals surface area (Å²) in [5.41, 5.74) is 3.20. The molecule has 4 heteroatoms. The molecule has 1 unspecified atom stereocenters. The van der Waals surface area contributed by atoms with E-state index in [-0.39, 0.29) is 11.8 Å². The molecule has 1 atom stereocenters. The number of hydrogen-bond acceptors (Lipinski definition) is 3. The topological polar surface area (TPSA) is 47.3 Å². The lowest BCUT2D eigenvalue weighted by Crippen LogP contribution is -2.26. The summed E-state index contributed by atoms with van der Waals surface area (Å²) in [6, 6.07) is 8.37. The van der Waals surface area contributed by atoms with Crippen LogP contribution in [0.25, 0.3) is 0 Å². The van der Waals surface area contributed by atoms with E-state index in [0.29, 0.717) is 13.0 Å². The minimum Gasteiger partial charge on any atom is -0.372 e. The molecule has 0 saturated carbocycles. The van der Waals surface area contributed by atoms with E-state index in [1.54, 1.807) is 4.90 Å². The molecule has 20 heavy (non-hydrogen) atoms. The Morgan fingerprint density at radius 1 is 1.40 bits per heavy atom. The van der Waals surface area contributed by atoms with E-state index >= 15 is 0 Å². The average Bonchev–Trinajstić information content (AvgIpc) is 2.81. The summed E-state index contributed by atoms with van der Waals surface area (Å²) in [6.07, 6.45) is 0.341. The zero-order valence-corrected chi connectivity index (χ0v) is 12.4. The Hall–Kier alpha value is -2.02. The molecular formula is C16H21N3O. The highest BCUT2D eigenvalue weighted by molar-refractivity contribution is 5.97. The molecule has 2 rings (SSSR count). The number of benzene rings is 1. The molecule has 1 heterocycles. The fourth-order valence-electron chi connectivity index (χ4n) is 2.75. The number of carbonyl (C=O) groups is 1. The van der Waals surface area contributed by atoms with Gasteiger partial charge in [0.05, 0.1) is 12.0 Å². The van der Waals surface area contributed by atoms with Crippen LogP contribution in [0.3, 0.4) is 0 Å². The van der Waals surface area contributed by atoms with Gasteiger partial charge in [0.15, 0.2) is 0 Å². The molecule has 1 amide bonds. The fourth-order valence-corrected chi connectivity index (χ4v) is 2.75. The van der Waals surface area contributed by atoms with Crippen molar-refractivity contribution >= 4 is 17.3 Å². The van der Waals surface area contributed by atoms with Crippen molar-refractivity contribution in [1.29, 1.82) is 5.26 Å². The third-order valence-corrected chi connectivity index (χ3v) is 3.91. The molecule has 0 N–H and O–H groups in total. The van der Waals surface area contributed by atoms with Gasteiger partial charge in [0, 0.05) is 37.4 Å². The highest BCUT2D eigenvalue weighted by Crippen LogP contribution is 2.30. The molecular weight excluding hydrogens is 250 g/mol. The van der Waals surface area contributed by atoms with Crippen LogP contribution in [0.1, 0.15) is 25.8 Å². The molecule has 0 aromatic heterocycles. The van der Waals surface area contributed by atoms with Crippen molar-refractivity contribution in [2.75, 3.05) is 29.4 Å². The van der Waals surface area contributed by atoms with Crippen LogP contribution in [0.2, 0.25) is 0 Å². The van der Waals surface area contributed by atoms with Gasteiger partial charge >= 0.3 is 0 Å². The van der Waals surface area contributed by atoms with Gasteiger partial charge in [0.2, 0.25) is 5.91 Å². The number of nitriles is 1. The standard InChI is InChI=1S/C16H21N3O/c1-4-18(5-2)14-6-7-15(12(3)8-14)19-11-13(10-17)9-16(19)20/h6-8,13H,4-5,9,11H2,1-3H3. The Morgan fingerprint density at radius 3 is 2.60 bits per heavy atom. The van der Waals surface area contributed by atoms with Gasteiger partial charge in [-0.1, -0.05) is 0 Å². The Balaban J connectivity index is 2.27. The van der Waals surface area contributed by atoms with Gasteiger partial charge in [-0.3, -0.25) is 4.79 Å². The number of rotatable bonds is 4. The molecule has 4 nitrogen and oxygen atoms in total. The van der Waals surface area contributed by atoms with E-state index in [0.717, 1.165) is 24.3 Å². The zero-order valence-electron chi connectivity index (χ0n) is 12.4. The largest absolute Gasteiger partial charge is 0.372 e. The van der Waals surface area contributed by atoms with Crippen LogP contribution in [0.15, 0.2) is 18.2 Å². The van der Waals surface area contributed by atoms with Crippen molar-refractivity contribution in [3.05, 3.63) is 23.8 Å².